The molecule has 10 heavy (non-hydrogen) atoms. The molecule has 1 fully saturated rings. The van der Waals surface area contributed by atoms with Crippen molar-refractivity contribution in [1.82, 2.24) is 4.90 Å². The van der Waals surface area contributed by atoms with Gasteiger partial charge >= 0.3 is 0 Å². The molecule has 0 N–H and O–H groups in total. The molecule has 0 aromatic rings. The predicted octanol–water partition coefficient (Wildman–Crippen LogP) is 1.28. The Kier molecular flexibility index (Phi) is 3.76. The number of likely N-dealkylation sites (tertiary alicyclic amines) is 1. The summed E-state index contributed by atoms with van der Waals surface area (Å²) in [4.78, 5) is 2.44. The first-order valence-electron chi connectivity index (χ1n) is 4.03. The predicted molar refractivity (Wildman–Crippen MR) is 41.6 cm³/mol. The number of piperidine rings is 1. The smallest absolute Gasteiger partial charge is 0.0701 e. The largest absolute Gasteiger partial charge is 0.378 e. The first-order valence-corrected chi connectivity index (χ1v) is 4.03. The van der Waals surface area contributed by atoms with E-state index in [4.69, 9.17) is 4.74 Å². The minimum absolute atomic E-state index is 0.778. The van der Waals surface area contributed by atoms with Crippen molar-refractivity contribution in [3.63, 3.8) is 0 Å². The van der Waals surface area contributed by atoms with E-state index in [0.717, 1.165) is 13.2 Å². The van der Waals surface area contributed by atoms with E-state index in [2.05, 4.69) is 12.0 Å². The lowest BCUT2D eigenvalue weighted by molar-refractivity contribution is 0.156. The molecule has 1 aliphatic heterocycles. The van der Waals surface area contributed by atoms with Gasteiger partial charge in [0, 0.05) is 6.54 Å². The highest BCUT2D eigenvalue weighted by atomic mass is 16.5. The second kappa shape index (κ2) is 4.69. The van der Waals surface area contributed by atoms with Crippen molar-refractivity contribution in [3.8, 4) is 0 Å². The molecule has 1 saturated heterocycles. The van der Waals surface area contributed by atoms with Crippen LogP contribution in [0.4, 0.5) is 0 Å². The number of hydrogen-bond acceptors (Lipinski definition) is 2. The van der Waals surface area contributed by atoms with Crippen LogP contribution in [0.1, 0.15) is 19.3 Å². The molecular weight excluding hydrogens is 126 g/mol. The molecule has 0 aliphatic carbocycles. The summed E-state index contributed by atoms with van der Waals surface area (Å²) in [6.45, 7) is 4.34. The lowest BCUT2D eigenvalue weighted by Crippen LogP contribution is -2.32. The summed E-state index contributed by atoms with van der Waals surface area (Å²) in [5, 5.41) is 0. The molecule has 0 aromatic carbocycles. The Hall–Kier alpha value is -0.0800. The second-order valence-electron chi connectivity index (χ2n) is 2.81. The van der Waals surface area contributed by atoms with Gasteiger partial charge in [0.25, 0.3) is 0 Å². The van der Waals surface area contributed by atoms with Crippen molar-refractivity contribution in [3.05, 3.63) is 7.11 Å². The lowest BCUT2D eigenvalue weighted by Gasteiger charge is -2.25. The van der Waals surface area contributed by atoms with Gasteiger partial charge in [-0.3, -0.25) is 0 Å². The molecule has 0 amide bonds. The minimum Gasteiger partial charge on any atom is -0.378 e. The summed E-state index contributed by atoms with van der Waals surface area (Å²) >= 11 is 0. The van der Waals surface area contributed by atoms with E-state index in [1.54, 1.807) is 0 Å². The van der Waals surface area contributed by atoms with Crippen LogP contribution in [0.15, 0.2) is 0 Å². The topological polar surface area (TPSA) is 12.5 Å². The van der Waals surface area contributed by atoms with Crippen LogP contribution in [0.25, 0.3) is 0 Å². The molecule has 0 bridgehead atoms. The van der Waals surface area contributed by atoms with Crippen LogP contribution in [-0.2, 0) is 4.74 Å². The first-order chi connectivity index (χ1) is 4.93. The SMILES string of the molecule is [CH2]OCCN1CCCCC1. The summed E-state index contributed by atoms with van der Waals surface area (Å²) in [6, 6.07) is 0. The Balaban J connectivity index is 2.02. The Morgan fingerprint density at radius 2 is 1.90 bits per heavy atom. The molecule has 0 unspecified atom stereocenters. The molecule has 0 atom stereocenters. The van der Waals surface area contributed by atoms with E-state index in [1.807, 2.05) is 0 Å². The fraction of sp³-hybridized carbons (Fsp3) is 0.875. The second-order valence-corrected chi connectivity index (χ2v) is 2.81. The summed E-state index contributed by atoms with van der Waals surface area (Å²) in [7, 11) is 3.34. The van der Waals surface area contributed by atoms with Gasteiger partial charge in [-0.2, -0.15) is 0 Å². The number of hydrogen-bond donors (Lipinski definition) is 0. The van der Waals surface area contributed by atoms with Gasteiger partial charge in [0.2, 0.25) is 0 Å². The van der Waals surface area contributed by atoms with Crippen molar-refractivity contribution in [2.45, 2.75) is 19.3 Å². The van der Waals surface area contributed by atoms with Gasteiger partial charge in [-0.15, -0.1) is 0 Å². The standard InChI is InChI=1S/C8H16NO/c1-10-8-7-9-5-3-2-4-6-9/h1-8H2. The van der Waals surface area contributed by atoms with E-state index in [-0.39, 0.29) is 0 Å². The number of rotatable bonds is 3. The molecule has 1 rings (SSSR count). The quantitative estimate of drug-likeness (QED) is 0.588. The molecule has 0 aromatic heterocycles. The lowest BCUT2D eigenvalue weighted by atomic mass is 10.1. The summed E-state index contributed by atoms with van der Waals surface area (Å²) in [5.74, 6) is 0. The normalized spacial score (nSPS) is 21.3. The van der Waals surface area contributed by atoms with Gasteiger partial charge in [-0.05, 0) is 25.9 Å². The van der Waals surface area contributed by atoms with Crippen molar-refractivity contribution < 1.29 is 4.74 Å². The zero-order valence-electron chi connectivity index (χ0n) is 6.51. The highest BCUT2D eigenvalue weighted by Crippen LogP contribution is 2.07. The number of nitrogens with zero attached hydrogens (tertiary/aromatic N) is 1. The van der Waals surface area contributed by atoms with Gasteiger partial charge in [-0.25, -0.2) is 0 Å². The Morgan fingerprint density at radius 1 is 1.20 bits per heavy atom. The summed E-state index contributed by atoms with van der Waals surface area (Å²) in [6.07, 6.45) is 4.12. The maximum absolute atomic E-state index is 4.75. The van der Waals surface area contributed by atoms with Crippen LogP contribution in [0.5, 0.6) is 0 Å². The molecule has 0 spiro atoms. The van der Waals surface area contributed by atoms with Crippen LogP contribution in [0, 0.1) is 7.11 Å². The van der Waals surface area contributed by atoms with E-state index in [1.165, 1.54) is 32.4 Å². The molecule has 2 nitrogen and oxygen atoms in total. The van der Waals surface area contributed by atoms with Crippen LogP contribution < -0.4 is 0 Å². The monoisotopic (exact) mass is 142 g/mol. The summed E-state index contributed by atoms with van der Waals surface area (Å²) in [5.41, 5.74) is 0. The molecule has 59 valence electrons. The van der Waals surface area contributed by atoms with Crippen molar-refractivity contribution >= 4 is 0 Å². The van der Waals surface area contributed by atoms with Gasteiger partial charge in [0.05, 0.1) is 13.7 Å². The Bertz CT molecular complexity index is 79.3. The van der Waals surface area contributed by atoms with Gasteiger partial charge in [-0.1, -0.05) is 6.42 Å². The molecular formula is C8H16NO. The highest BCUT2D eigenvalue weighted by Gasteiger charge is 2.08. The van der Waals surface area contributed by atoms with E-state index >= 15 is 0 Å². The third kappa shape index (κ3) is 2.67. The molecule has 0 saturated carbocycles. The fourth-order valence-electron chi connectivity index (χ4n) is 1.38. The summed E-state index contributed by atoms with van der Waals surface area (Å²) < 4.78 is 4.75. The zero-order valence-corrected chi connectivity index (χ0v) is 6.51. The van der Waals surface area contributed by atoms with Crippen LogP contribution in [0.2, 0.25) is 0 Å². The average molecular weight is 142 g/mol. The van der Waals surface area contributed by atoms with Crippen LogP contribution in [0.3, 0.4) is 0 Å². The molecule has 1 radical (unpaired) electrons. The zero-order chi connectivity index (χ0) is 7.23. The molecule has 1 aliphatic rings. The van der Waals surface area contributed by atoms with Crippen LogP contribution in [-0.4, -0.2) is 31.1 Å². The van der Waals surface area contributed by atoms with Crippen molar-refractivity contribution in [2.75, 3.05) is 26.2 Å². The number of ether oxygens (including phenoxy) is 1. The van der Waals surface area contributed by atoms with E-state index in [0.29, 0.717) is 0 Å². The van der Waals surface area contributed by atoms with E-state index in [9.17, 15) is 0 Å². The third-order valence-corrected chi connectivity index (χ3v) is 2.00. The maximum Gasteiger partial charge on any atom is 0.0701 e. The van der Waals surface area contributed by atoms with Crippen molar-refractivity contribution in [2.24, 2.45) is 0 Å². The average Bonchev–Trinajstić information content (AvgIpc) is 2.03. The Labute approximate surface area is 63.2 Å². The first kappa shape index (κ1) is 8.02. The molecule has 2 heteroatoms. The maximum atomic E-state index is 4.75. The van der Waals surface area contributed by atoms with E-state index < -0.39 is 0 Å². The van der Waals surface area contributed by atoms with Crippen molar-refractivity contribution in [1.29, 1.82) is 0 Å². The fourth-order valence-corrected chi connectivity index (χ4v) is 1.38. The molecule has 1 heterocycles. The minimum atomic E-state index is 0.778. The third-order valence-electron chi connectivity index (χ3n) is 2.00. The van der Waals surface area contributed by atoms with Crippen LogP contribution >= 0.6 is 0 Å². The Morgan fingerprint density at radius 3 is 2.50 bits per heavy atom. The van der Waals surface area contributed by atoms with Gasteiger partial charge in [0.15, 0.2) is 0 Å². The van der Waals surface area contributed by atoms with Gasteiger partial charge < -0.3 is 9.64 Å². The van der Waals surface area contributed by atoms with Gasteiger partial charge in [0.1, 0.15) is 0 Å². The highest BCUT2D eigenvalue weighted by molar-refractivity contribution is 4.63.